The van der Waals surface area contributed by atoms with Gasteiger partial charge in [0.15, 0.2) is 5.78 Å². The monoisotopic (exact) mass is 316 g/mol. The molecule has 0 aliphatic heterocycles. The summed E-state index contributed by atoms with van der Waals surface area (Å²) in [6.45, 7) is 12.3. The lowest BCUT2D eigenvalue weighted by Gasteiger charge is -2.07. The summed E-state index contributed by atoms with van der Waals surface area (Å²) in [5, 5.41) is 0. The number of rotatable bonds is 2. The van der Waals surface area contributed by atoms with Crippen molar-refractivity contribution in [3.63, 3.8) is 0 Å². The van der Waals surface area contributed by atoms with Gasteiger partial charge in [0.05, 0.1) is 0 Å². The highest BCUT2D eigenvalue weighted by Gasteiger charge is 2.23. The van der Waals surface area contributed by atoms with Gasteiger partial charge in [-0.3, -0.25) is 4.79 Å². The van der Waals surface area contributed by atoms with Crippen LogP contribution < -0.4 is 0 Å². The molecule has 0 heterocycles. The fourth-order valence-electron chi connectivity index (χ4n) is 3.28. The van der Waals surface area contributed by atoms with Crippen LogP contribution >= 0.6 is 11.8 Å². The molecule has 1 nitrogen and oxygen atoms in total. The highest BCUT2D eigenvalue weighted by Crippen LogP contribution is 2.42. The Morgan fingerprint density at radius 1 is 0.696 bits per heavy atom. The summed E-state index contributed by atoms with van der Waals surface area (Å²) in [7, 11) is 0. The van der Waals surface area contributed by atoms with E-state index in [1.54, 1.807) is 11.8 Å². The first-order valence-corrected chi connectivity index (χ1v) is 8.38. The molecule has 0 radical (unpaired) electrons. The Bertz CT molecular complexity index is 842. The quantitative estimate of drug-likeness (QED) is 0.689. The van der Waals surface area contributed by atoms with Crippen LogP contribution in [0.2, 0.25) is 0 Å². The Morgan fingerprint density at radius 3 is 1.91 bits per heavy atom. The minimum Gasteiger partial charge on any atom is -0.294 e. The number of carbonyl (C=O) groups excluding carboxylic acids is 1. The number of benzene rings is 2. The topological polar surface area (TPSA) is 17.1 Å². The van der Waals surface area contributed by atoms with Gasteiger partial charge in [-0.25, -0.2) is 0 Å². The fourth-order valence-corrected chi connectivity index (χ4v) is 4.18. The molecule has 0 amide bonds. The predicted octanol–water partition coefficient (Wildman–Crippen LogP) is 5.87. The average molecular weight is 316 g/mol. The van der Waals surface area contributed by atoms with Gasteiger partial charge >= 0.3 is 0 Å². The molecule has 112 valence electrons. The summed E-state index contributed by atoms with van der Waals surface area (Å²) in [6, 6.07) is 12.5. The lowest BCUT2D eigenvalue weighted by molar-refractivity contribution is 0.100. The van der Waals surface area contributed by atoms with E-state index < -0.39 is 0 Å². The van der Waals surface area contributed by atoms with Crippen LogP contribution in [0.1, 0.15) is 39.9 Å². The van der Waals surface area contributed by atoms with Crippen molar-refractivity contribution in [2.75, 3.05) is 0 Å². The molecule has 0 aromatic heterocycles. The molecule has 0 N–H and O–H groups in total. The second-order valence-corrected chi connectivity index (χ2v) is 7.25. The van der Waals surface area contributed by atoms with Crippen LogP contribution in [0.25, 0.3) is 16.7 Å². The van der Waals surface area contributed by atoms with Gasteiger partial charge in [-0.15, -0.1) is 0 Å². The number of hydrogen-bond donors (Lipinski definition) is 0. The highest BCUT2D eigenvalue weighted by atomic mass is 32.2. The fraction of sp³-hybridized carbons (Fsp3) is 0.0952. The maximum atomic E-state index is 11.9. The van der Waals surface area contributed by atoms with E-state index in [-0.39, 0.29) is 5.78 Å². The van der Waals surface area contributed by atoms with Gasteiger partial charge in [0.1, 0.15) is 0 Å². The molecular weight excluding hydrogens is 300 g/mol. The average Bonchev–Trinajstić information content (AvgIpc) is 2.96. The van der Waals surface area contributed by atoms with Crippen molar-refractivity contribution >= 4 is 34.3 Å². The Hall–Kier alpha value is -2.32. The van der Waals surface area contributed by atoms with E-state index in [1.165, 1.54) is 16.0 Å². The maximum absolute atomic E-state index is 11.9. The van der Waals surface area contributed by atoms with E-state index in [0.717, 1.165) is 39.2 Å². The Kier molecular flexibility index (Phi) is 3.17. The van der Waals surface area contributed by atoms with Crippen molar-refractivity contribution in [2.45, 2.75) is 22.6 Å². The number of fused-ring (bicyclic) bond motifs is 2. The Balaban J connectivity index is 1.68. The standard InChI is InChI=1S/C21H16OS/c1-12-8-13(2)19-10-15(4-6-17(12)19)23-16-5-7-18-20(11-16)14(3)9-21(18)22/h4-7,10-11H,1-3,8-9H2. The van der Waals surface area contributed by atoms with Crippen molar-refractivity contribution in [2.24, 2.45) is 0 Å². The molecular formula is C21H16OS. The third-order valence-corrected chi connectivity index (χ3v) is 5.44. The van der Waals surface area contributed by atoms with E-state index in [4.69, 9.17) is 0 Å². The molecule has 2 aliphatic carbocycles. The summed E-state index contributed by atoms with van der Waals surface area (Å²) in [5.41, 5.74) is 7.44. The van der Waals surface area contributed by atoms with Gasteiger partial charge in [0.2, 0.25) is 0 Å². The highest BCUT2D eigenvalue weighted by molar-refractivity contribution is 7.99. The van der Waals surface area contributed by atoms with Crippen molar-refractivity contribution in [3.8, 4) is 0 Å². The molecule has 2 aromatic carbocycles. The number of carbonyl (C=O) groups is 1. The van der Waals surface area contributed by atoms with E-state index in [2.05, 4.69) is 44.0 Å². The van der Waals surface area contributed by atoms with Crippen LogP contribution in [0.4, 0.5) is 0 Å². The lowest BCUT2D eigenvalue weighted by Crippen LogP contribution is -1.90. The summed E-state index contributed by atoms with van der Waals surface area (Å²) in [6.07, 6.45) is 1.31. The molecule has 0 fully saturated rings. The zero-order valence-electron chi connectivity index (χ0n) is 12.8. The second kappa shape index (κ2) is 5.10. The molecule has 2 aromatic rings. The molecule has 2 aliphatic rings. The SMILES string of the molecule is C=C1CC(=C)c2cc(Sc3ccc4c(c3)C(=C)CC4=O)ccc21. The Labute approximate surface area is 140 Å². The third-order valence-electron chi connectivity index (χ3n) is 4.46. The van der Waals surface area contributed by atoms with Crippen LogP contribution in [0.5, 0.6) is 0 Å². The lowest BCUT2D eigenvalue weighted by atomic mass is 10.1. The van der Waals surface area contributed by atoms with Gasteiger partial charge in [0, 0.05) is 21.8 Å². The van der Waals surface area contributed by atoms with Crippen molar-refractivity contribution < 1.29 is 4.79 Å². The van der Waals surface area contributed by atoms with E-state index in [9.17, 15) is 4.79 Å². The smallest absolute Gasteiger partial charge is 0.167 e. The van der Waals surface area contributed by atoms with Gasteiger partial charge < -0.3 is 0 Å². The first-order valence-electron chi connectivity index (χ1n) is 7.56. The van der Waals surface area contributed by atoms with E-state index >= 15 is 0 Å². The van der Waals surface area contributed by atoms with Crippen molar-refractivity contribution in [1.29, 1.82) is 0 Å². The minimum absolute atomic E-state index is 0.175. The van der Waals surface area contributed by atoms with Gasteiger partial charge in [-0.05, 0) is 70.2 Å². The minimum atomic E-state index is 0.175. The van der Waals surface area contributed by atoms with Crippen molar-refractivity contribution in [1.82, 2.24) is 0 Å². The van der Waals surface area contributed by atoms with Crippen LogP contribution in [0.15, 0.2) is 65.9 Å². The molecule has 23 heavy (non-hydrogen) atoms. The number of allylic oxidation sites excluding steroid dienone is 3. The maximum Gasteiger partial charge on any atom is 0.167 e. The zero-order valence-corrected chi connectivity index (χ0v) is 13.6. The van der Waals surface area contributed by atoms with Gasteiger partial charge in [-0.1, -0.05) is 37.6 Å². The molecule has 0 atom stereocenters. The summed E-state index contributed by atoms with van der Waals surface area (Å²) in [4.78, 5) is 14.2. The molecule has 4 rings (SSSR count). The van der Waals surface area contributed by atoms with Crippen LogP contribution in [0.3, 0.4) is 0 Å². The van der Waals surface area contributed by atoms with Crippen molar-refractivity contribution in [3.05, 3.63) is 78.4 Å². The van der Waals surface area contributed by atoms with Gasteiger partial charge in [0.25, 0.3) is 0 Å². The Morgan fingerprint density at radius 2 is 1.22 bits per heavy atom. The molecule has 0 saturated carbocycles. The summed E-state index contributed by atoms with van der Waals surface area (Å²) in [5.74, 6) is 0.175. The normalized spacial score (nSPS) is 16.0. The van der Waals surface area contributed by atoms with Crippen LogP contribution in [0, 0.1) is 0 Å². The van der Waals surface area contributed by atoms with E-state index in [0.29, 0.717) is 6.42 Å². The molecule has 0 unspecified atom stereocenters. The summed E-state index contributed by atoms with van der Waals surface area (Å²) < 4.78 is 0. The second-order valence-electron chi connectivity index (χ2n) is 6.10. The molecule has 2 heteroatoms. The molecule has 0 spiro atoms. The first kappa shape index (κ1) is 14.3. The largest absolute Gasteiger partial charge is 0.294 e. The number of ketones is 1. The summed E-state index contributed by atoms with van der Waals surface area (Å²) >= 11 is 1.70. The third kappa shape index (κ3) is 2.30. The van der Waals surface area contributed by atoms with Crippen LogP contribution in [-0.2, 0) is 0 Å². The number of Topliss-reactive ketones (excluding diaryl/α,β-unsaturated/α-hetero) is 1. The molecule has 0 saturated heterocycles. The van der Waals surface area contributed by atoms with Crippen LogP contribution in [-0.4, -0.2) is 5.78 Å². The van der Waals surface area contributed by atoms with E-state index in [1.807, 2.05) is 12.1 Å². The zero-order chi connectivity index (χ0) is 16.1. The molecule has 0 bridgehead atoms. The predicted molar refractivity (Wildman–Crippen MR) is 97.7 cm³/mol. The first-order chi connectivity index (χ1) is 11.0. The van der Waals surface area contributed by atoms with Gasteiger partial charge in [-0.2, -0.15) is 0 Å². The number of hydrogen-bond acceptors (Lipinski definition) is 2.